The van der Waals surface area contributed by atoms with Crippen LogP contribution < -0.4 is 5.32 Å². The lowest BCUT2D eigenvalue weighted by molar-refractivity contribution is 0.180. The second-order valence-corrected chi connectivity index (χ2v) is 6.86. The monoisotopic (exact) mass is 329 g/mol. The average Bonchev–Trinajstić information content (AvgIpc) is 2.57. The van der Waals surface area contributed by atoms with Gasteiger partial charge in [-0.2, -0.15) is 0 Å². The van der Waals surface area contributed by atoms with E-state index >= 15 is 0 Å². The van der Waals surface area contributed by atoms with E-state index in [0.717, 1.165) is 36.9 Å². The molecule has 0 saturated carbocycles. The first-order valence-corrected chi connectivity index (χ1v) is 8.65. The molecular weight excluding hydrogens is 306 g/mol. The lowest BCUT2D eigenvalue weighted by Gasteiger charge is -2.37. The molecule has 1 N–H and O–H groups in total. The zero-order valence-corrected chi connectivity index (χ0v) is 14.3. The standard InChI is InChI=1S/C19H24ClN3/c1-23-11-9-19(15-5-7-17(20)8-6-15)16(14-23)12-21-13-18-4-2-3-10-22-18/h2-8,10,16,19,21H,9,11-14H2,1H3/t16-,19?/m1/s1. The summed E-state index contributed by atoms with van der Waals surface area (Å²) in [7, 11) is 2.21. The highest BCUT2D eigenvalue weighted by Crippen LogP contribution is 2.32. The van der Waals surface area contributed by atoms with Gasteiger partial charge in [0, 0.05) is 30.9 Å². The number of piperidine rings is 1. The topological polar surface area (TPSA) is 28.2 Å². The van der Waals surface area contributed by atoms with Crippen molar-refractivity contribution in [3.8, 4) is 0 Å². The maximum absolute atomic E-state index is 6.03. The minimum atomic E-state index is 0.597. The van der Waals surface area contributed by atoms with Crippen molar-refractivity contribution >= 4 is 11.6 Å². The molecule has 4 heteroatoms. The zero-order valence-electron chi connectivity index (χ0n) is 13.6. The molecule has 1 aromatic heterocycles. The van der Waals surface area contributed by atoms with Crippen molar-refractivity contribution in [2.75, 3.05) is 26.7 Å². The third-order valence-electron chi connectivity index (χ3n) is 4.67. The van der Waals surface area contributed by atoms with Gasteiger partial charge in [0.1, 0.15) is 0 Å². The lowest BCUT2D eigenvalue weighted by atomic mass is 9.80. The molecule has 1 unspecified atom stereocenters. The van der Waals surface area contributed by atoms with Gasteiger partial charge < -0.3 is 10.2 Å². The Morgan fingerprint density at radius 3 is 2.78 bits per heavy atom. The van der Waals surface area contributed by atoms with E-state index in [2.05, 4.69) is 40.4 Å². The van der Waals surface area contributed by atoms with Crippen LogP contribution in [0.5, 0.6) is 0 Å². The third kappa shape index (κ3) is 4.54. The number of halogens is 1. The number of nitrogens with zero attached hydrogens (tertiary/aromatic N) is 2. The number of pyridine rings is 1. The van der Waals surface area contributed by atoms with Crippen LogP contribution in [0.3, 0.4) is 0 Å². The molecule has 0 spiro atoms. The number of aromatic nitrogens is 1. The van der Waals surface area contributed by atoms with Gasteiger partial charge in [-0.1, -0.05) is 29.8 Å². The van der Waals surface area contributed by atoms with Crippen LogP contribution in [0.15, 0.2) is 48.7 Å². The molecule has 2 aromatic rings. The molecule has 23 heavy (non-hydrogen) atoms. The minimum absolute atomic E-state index is 0.597. The maximum atomic E-state index is 6.03. The Hall–Kier alpha value is -1.42. The summed E-state index contributed by atoms with van der Waals surface area (Å²) in [4.78, 5) is 6.81. The van der Waals surface area contributed by atoms with Crippen LogP contribution in [0.2, 0.25) is 5.02 Å². The Kier molecular flexibility index (Phi) is 5.65. The van der Waals surface area contributed by atoms with Gasteiger partial charge in [0.2, 0.25) is 0 Å². The first kappa shape index (κ1) is 16.4. The summed E-state index contributed by atoms with van der Waals surface area (Å²) in [6.07, 6.45) is 3.05. The smallest absolute Gasteiger partial charge is 0.0541 e. The molecule has 1 fully saturated rings. The number of nitrogens with one attached hydrogen (secondary N) is 1. The quantitative estimate of drug-likeness (QED) is 0.909. The van der Waals surface area contributed by atoms with E-state index in [-0.39, 0.29) is 0 Å². The number of benzene rings is 1. The molecule has 1 saturated heterocycles. The van der Waals surface area contributed by atoms with E-state index in [0.29, 0.717) is 11.8 Å². The predicted octanol–water partition coefficient (Wildman–Crippen LogP) is 3.56. The summed E-state index contributed by atoms with van der Waals surface area (Å²) in [5.74, 6) is 1.21. The van der Waals surface area contributed by atoms with Crippen molar-refractivity contribution in [2.24, 2.45) is 5.92 Å². The first-order valence-electron chi connectivity index (χ1n) is 8.27. The largest absolute Gasteiger partial charge is 0.311 e. The highest BCUT2D eigenvalue weighted by atomic mass is 35.5. The molecule has 0 radical (unpaired) electrons. The van der Waals surface area contributed by atoms with Crippen molar-refractivity contribution in [3.05, 3.63) is 64.9 Å². The molecule has 122 valence electrons. The molecular formula is C19H24ClN3. The van der Waals surface area contributed by atoms with E-state index in [9.17, 15) is 0 Å². The van der Waals surface area contributed by atoms with Crippen molar-refractivity contribution in [2.45, 2.75) is 18.9 Å². The minimum Gasteiger partial charge on any atom is -0.311 e. The summed E-state index contributed by atoms with van der Waals surface area (Å²) in [6.45, 7) is 4.12. The Balaban J connectivity index is 1.62. The van der Waals surface area contributed by atoms with Crippen LogP contribution >= 0.6 is 11.6 Å². The van der Waals surface area contributed by atoms with Gasteiger partial charge in [0.25, 0.3) is 0 Å². The van der Waals surface area contributed by atoms with Gasteiger partial charge in [-0.25, -0.2) is 0 Å². The molecule has 2 atom stereocenters. The van der Waals surface area contributed by atoms with Crippen molar-refractivity contribution in [1.82, 2.24) is 15.2 Å². The van der Waals surface area contributed by atoms with Crippen LogP contribution in [0.1, 0.15) is 23.6 Å². The molecule has 1 aliphatic heterocycles. The first-order chi connectivity index (χ1) is 11.2. The van der Waals surface area contributed by atoms with Crippen LogP contribution in [-0.2, 0) is 6.54 Å². The van der Waals surface area contributed by atoms with Gasteiger partial charge in [-0.15, -0.1) is 0 Å². The van der Waals surface area contributed by atoms with Crippen LogP contribution in [0, 0.1) is 5.92 Å². The normalized spacial score (nSPS) is 22.2. The van der Waals surface area contributed by atoms with Gasteiger partial charge >= 0.3 is 0 Å². The molecule has 0 aliphatic carbocycles. The highest BCUT2D eigenvalue weighted by Gasteiger charge is 2.28. The summed E-state index contributed by atoms with van der Waals surface area (Å²) in [5.41, 5.74) is 2.51. The van der Waals surface area contributed by atoms with Crippen LogP contribution in [0.25, 0.3) is 0 Å². The number of hydrogen-bond donors (Lipinski definition) is 1. The third-order valence-corrected chi connectivity index (χ3v) is 4.93. The van der Waals surface area contributed by atoms with Crippen molar-refractivity contribution < 1.29 is 0 Å². The number of hydrogen-bond acceptors (Lipinski definition) is 3. The Morgan fingerprint density at radius 1 is 1.22 bits per heavy atom. The van der Waals surface area contributed by atoms with Gasteiger partial charge in [0.15, 0.2) is 0 Å². The van der Waals surface area contributed by atoms with Gasteiger partial charge in [0.05, 0.1) is 5.69 Å². The number of rotatable bonds is 5. The van der Waals surface area contributed by atoms with Crippen molar-refractivity contribution in [1.29, 1.82) is 0 Å². The SMILES string of the molecule is CN1CCC(c2ccc(Cl)cc2)[C@H](CNCc2ccccn2)C1. The van der Waals surface area contributed by atoms with Gasteiger partial charge in [-0.3, -0.25) is 4.98 Å². The summed E-state index contributed by atoms with van der Waals surface area (Å²) in [5, 5.41) is 4.40. The Labute approximate surface area is 143 Å². The molecule has 0 amide bonds. The molecule has 3 nitrogen and oxygen atoms in total. The molecule has 2 heterocycles. The Morgan fingerprint density at radius 2 is 2.04 bits per heavy atom. The highest BCUT2D eigenvalue weighted by molar-refractivity contribution is 6.30. The molecule has 1 aliphatic rings. The van der Waals surface area contributed by atoms with E-state index < -0.39 is 0 Å². The lowest BCUT2D eigenvalue weighted by Crippen LogP contribution is -2.41. The van der Waals surface area contributed by atoms with E-state index in [1.165, 1.54) is 12.0 Å². The zero-order chi connectivity index (χ0) is 16.1. The van der Waals surface area contributed by atoms with Crippen molar-refractivity contribution in [3.63, 3.8) is 0 Å². The fraction of sp³-hybridized carbons (Fsp3) is 0.421. The summed E-state index contributed by atoms with van der Waals surface area (Å²) < 4.78 is 0. The number of likely N-dealkylation sites (tertiary alicyclic amines) is 1. The fourth-order valence-electron chi connectivity index (χ4n) is 3.46. The maximum Gasteiger partial charge on any atom is 0.0541 e. The van der Waals surface area contributed by atoms with E-state index in [4.69, 9.17) is 11.6 Å². The molecule has 1 aromatic carbocycles. The Bertz CT molecular complexity index is 600. The van der Waals surface area contributed by atoms with Crippen LogP contribution in [0.4, 0.5) is 0 Å². The predicted molar refractivity (Wildman–Crippen MR) is 95.7 cm³/mol. The molecule has 3 rings (SSSR count). The second kappa shape index (κ2) is 7.91. The summed E-state index contributed by atoms with van der Waals surface area (Å²) in [6, 6.07) is 14.4. The molecule has 0 bridgehead atoms. The average molecular weight is 330 g/mol. The van der Waals surface area contributed by atoms with E-state index in [1.54, 1.807) is 0 Å². The fourth-order valence-corrected chi connectivity index (χ4v) is 3.58. The second-order valence-electron chi connectivity index (χ2n) is 6.42. The van der Waals surface area contributed by atoms with Gasteiger partial charge in [-0.05, 0) is 61.7 Å². The van der Waals surface area contributed by atoms with Crippen LogP contribution in [-0.4, -0.2) is 36.6 Å². The summed E-state index contributed by atoms with van der Waals surface area (Å²) >= 11 is 6.03. The van der Waals surface area contributed by atoms with E-state index in [1.807, 2.05) is 30.5 Å².